The van der Waals surface area contributed by atoms with Gasteiger partial charge in [-0.05, 0) is 11.8 Å². The number of aliphatic hydroxyl groups is 4. The van der Waals surface area contributed by atoms with E-state index in [2.05, 4.69) is 9.44 Å². The minimum absolute atomic E-state index is 0.0292. The van der Waals surface area contributed by atoms with Crippen molar-refractivity contribution in [1.82, 2.24) is 0 Å². The van der Waals surface area contributed by atoms with Gasteiger partial charge in [-0.25, -0.2) is 4.28 Å². The zero-order valence-corrected chi connectivity index (χ0v) is 16.1. The molecule has 0 bridgehead atoms. The molecule has 1 unspecified atom stereocenters. The SMILES string of the molecule is CS(=O)/C=C\CC/C(=N\OS(=O)(=O)O)S[C@@H]1O[C@H](CO)[C@@H](O)[C@H](O)[C@H]1O. The number of oxime groups is 1. The van der Waals surface area contributed by atoms with Crippen LogP contribution in [-0.2, 0) is 30.2 Å². The van der Waals surface area contributed by atoms with Crippen molar-refractivity contribution in [2.75, 3.05) is 12.9 Å². The summed E-state index contributed by atoms with van der Waals surface area (Å²) in [6.45, 7) is -0.624. The second-order valence-corrected chi connectivity index (χ2v) is 8.66. The van der Waals surface area contributed by atoms with E-state index in [9.17, 15) is 27.9 Å². The first-order valence-electron chi connectivity index (χ1n) is 7.24. The maximum Gasteiger partial charge on any atom is 0.466 e. The van der Waals surface area contributed by atoms with E-state index in [1.807, 2.05) is 0 Å². The molecule has 0 aromatic carbocycles. The molecule has 1 aliphatic heterocycles. The molecule has 0 aromatic rings. The summed E-state index contributed by atoms with van der Waals surface area (Å²) < 4.78 is 50.2. The Bertz CT molecular complexity index is 635. The number of ether oxygens (including phenoxy) is 1. The smallest absolute Gasteiger partial charge is 0.394 e. The molecule has 5 N–H and O–H groups in total. The average Bonchev–Trinajstić information content (AvgIpc) is 2.55. The Balaban J connectivity index is 2.87. The van der Waals surface area contributed by atoms with E-state index >= 15 is 0 Å². The number of allylic oxidation sites excluding steroid dienone is 1. The highest BCUT2D eigenvalue weighted by atomic mass is 32.3. The Morgan fingerprint density at radius 3 is 2.50 bits per heavy atom. The number of hydrogen-bond donors (Lipinski definition) is 5. The lowest BCUT2D eigenvalue weighted by Crippen LogP contribution is -2.57. The fraction of sp³-hybridized carbons (Fsp3) is 0.750. The molecule has 14 heteroatoms. The van der Waals surface area contributed by atoms with Crippen LogP contribution < -0.4 is 0 Å². The zero-order valence-electron chi connectivity index (χ0n) is 13.6. The first-order valence-corrected chi connectivity index (χ1v) is 11.1. The van der Waals surface area contributed by atoms with Crippen LogP contribution in [0.3, 0.4) is 0 Å². The van der Waals surface area contributed by atoms with Gasteiger partial charge in [0.25, 0.3) is 0 Å². The quantitative estimate of drug-likeness (QED) is 0.127. The summed E-state index contributed by atoms with van der Waals surface area (Å²) in [6, 6.07) is 0. The molecule has 0 saturated carbocycles. The van der Waals surface area contributed by atoms with Gasteiger partial charge in [0.15, 0.2) is 0 Å². The Morgan fingerprint density at radius 1 is 1.31 bits per heavy atom. The third-order valence-electron chi connectivity index (χ3n) is 3.15. The fourth-order valence-electron chi connectivity index (χ4n) is 1.92. The Morgan fingerprint density at radius 2 is 1.96 bits per heavy atom. The molecule has 1 heterocycles. The summed E-state index contributed by atoms with van der Waals surface area (Å²) in [5.74, 6) is 0. The van der Waals surface area contributed by atoms with Gasteiger partial charge in [0, 0.05) is 23.5 Å². The molecule has 1 aliphatic rings. The lowest BCUT2D eigenvalue weighted by molar-refractivity contribution is -0.205. The second-order valence-electron chi connectivity index (χ2n) is 5.21. The van der Waals surface area contributed by atoms with Crippen LogP contribution in [0.25, 0.3) is 0 Å². The standard InChI is InChI=1S/C12H21NO10S3/c1-25(18)5-3-2-4-8(13-23-26(19,20)21)24-12-11(17)10(16)9(15)7(6-14)22-12/h3,5,7,9-12,14-17H,2,4,6H2,1H3,(H,19,20,21)/b5-3-,13-8+/t7-,9-,10+,11-,12+,25?/m1/s1. The van der Waals surface area contributed by atoms with Gasteiger partial charge in [-0.3, -0.25) is 8.76 Å². The predicted molar refractivity (Wildman–Crippen MR) is 93.9 cm³/mol. The van der Waals surface area contributed by atoms with Crippen LogP contribution in [0.5, 0.6) is 0 Å². The summed E-state index contributed by atoms with van der Waals surface area (Å²) in [7, 11) is -6.03. The van der Waals surface area contributed by atoms with E-state index < -0.39 is 57.7 Å². The van der Waals surface area contributed by atoms with E-state index in [-0.39, 0.29) is 17.9 Å². The van der Waals surface area contributed by atoms with Gasteiger partial charge in [0.05, 0.1) is 6.61 Å². The molecule has 0 amide bonds. The van der Waals surface area contributed by atoms with Gasteiger partial charge in [0.2, 0.25) is 0 Å². The Labute approximate surface area is 157 Å². The van der Waals surface area contributed by atoms with Crippen LogP contribution in [0.15, 0.2) is 16.6 Å². The summed E-state index contributed by atoms with van der Waals surface area (Å²) in [5.41, 5.74) is -1.20. The summed E-state index contributed by atoms with van der Waals surface area (Å²) in [6.07, 6.45) is -2.50. The minimum Gasteiger partial charge on any atom is -0.394 e. The van der Waals surface area contributed by atoms with Gasteiger partial charge < -0.3 is 25.2 Å². The fourth-order valence-corrected chi connectivity index (χ4v) is 3.65. The third-order valence-corrected chi connectivity index (χ3v) is 5.16. The van der Waals surface area contributed by atoms with Crippen molar-refractivity contribution in [2.24, 2.45) is 5.16 Å². The molecule has 1 rings (SSSR count). The van der Waals surface area contributed by atoms with Gasteiger partial charge in [-0.2, -0.15) is 8.42 Å². The highest BCUT2D eigenvalue weighted by Gasteiger charge is 2.44. The summed E-state index contributed by atoms with van der Waals surface area (Å²) >= 11 is 0.683. The molecule has 11 nitrogen and oxygen atoms in total. The second kappa shape index (κ2) is 10.7. The van der Waals surface area contributed by atoms with Crippen molar-refractivity contribution in [3.05, 3.63) is 11.5 Å². The average molecular weight is 435 g/mol. The molecule has 0 aliphatic carbocycles. The number of nitrogens with zero attached hydrogens (tertiary/aromatic N) is 1. The molecule has 0 aromatic heterocycles. The van der Waals surface area contributed by atoms with Crippen molar-refractivity contribution in [1.29, 1.82) is 0 Å². The van der Waals surface area contributed by atoms with Crippen LogP contribution in [0, 0.1) is 0 Å². The van der Waals surface area contributed by atoms with Crippen molar-refractivity contribution >= 4 is 38.0 Å². The largest absolute Gasteiger partial charge is 0.466 e. The molecule has 0 spiro atoms. The van der Waals surface area contributed by atoms with Crippen LogP contribution in [-0.4, -0.2) is 85.4 Å². The zero-order chi connectivity index (χ0) is 19.9. The van der Waals surface area contributed by atoms with E-state index in [1.165, 1.54) is 11.7 Å². The van der Waals surface area contributed by atoms with Gasteiger partial charge >= 0.3 is 10.4 Å². The number of rotatable bonds is 8. The summed E-state index contributed by atoms with van der Waals surface area (Å²) in [4.78, 5) is 0. The van der Waals surface area contributed by atoms with E-state index in [0.29, 0.717) is 11.8 Å². The lowest BCUT2D eigenvalue weighted by atomic mass is 10.0. The first-order chi connectivity index (χ1) is 12.0. The molecular formula is C12H21NO10S3. The normalized spacial score (nSPS) is 31.9. The Kier molecular flexibility index (Phi) is 9.63. The minimum atomic E-state index is -4.85. The lowest BCUT2D eigenvalue weighted by Gasteiger charge is -2.39. The Hall–Kier alpha value is -0.580. The van der Waals surface area contributed by atoms with E-state index in [1.54, 1.807) is 6.08 Å². The van der Waals surface area contributed by atoms with Gasteiger partial charge in [-0.1, -0.05) is 23.0 Å². The summed E-state index contributed by atoms with van der Waals surface area (Å²) in [5, 5.41) is 43.3. The van der Waals surface area contributed by atoms with Gasteiger partial charge in [-0.15, -0.1) is 0 Å². The monoisotopic (exact) mass is 435 g/mol. The maximum absolute atomic E-state index is 11.0. The van der Waals surface area contributed by atoms with Crippen LogP contribution in [0.1, 0.15) is 12.8 Å². The molecule has 6 atom stereocenters. The molecule has 26 heavy (non-hydrogen) atoms. The number of thioether (sulfide) groups is 1. The topological polar surface area (TPSA) is 183 Å². The van der Waals surface area contributed by atoms with Crippen molar-refractivity contribution in [2.45, 2.75) is 42.7 Å². The van der Waals surface area contributed by atoms with Crippen LogP contribution >= 0.6 is 11.8 Å². The van der Waals surface area contributed by atoms with E-state index in [0.717, 1.165) is 0 Å². The molecule has 152 valence electrons. The third kappa shape index (κ3) is 7.98. The number of aliphatic hydroxyl groups excluding tert-OH is 4. The molecular weight excluding hydrogens is 414 g/mol. The number of hydrogen-bond acceptors (Lipinski definition) is 11. The van der Waals surface area contributed by atoms with Crippen LogP contribution in [0.4, 0.5) is 0 Å². The molecule has 1 saturated heterocycles. The highest BCUT2D eigenvalue weighted by Crippen LogP contribution is 2.30. The van der Waals surface area contributed by atoms with Crippen molar-refractivity contribution < 1.29 is 46.6 Å². The first kappa shape index (κ1) is 23.5. The molecule has 0 radical (unpaired) electrons. The van der Waals surface area contributed by atoms with Gasteiger partial charge in [0.1, 0.15) is 34.9 Å². The van der Waals surface area contributed by atoms with Crippen molar-refractivity contribution in [3.8, 4) is 0 Å². The van der Waals surface area contributed by atoms with E-state index in [4.69, 9.17) is 14.4 Å². The molecule has 1 fully saturated rings. The highest BCUT2D eigenvalue weighted by molar-refractivity contribution is 8.14. The predicted octanol–water partition coefficient (Wildman–Crippen LogP) is -1.68. The van der Waals surface area contributed by atoms with Crippen molar-refractivity contribution in [3.63, 3.8) is 0 Å². The van der Waals surface area contributed by atoms with Crippen LogP contribution in [0.2, 0.25) is 0 Å². The maximum atomic E-state index is 11.0.